The van der Waals surface area contributed by atoms with Gasteiger partial charge in [0.2, 0.25) is 0 Å². The van der Waals surface area contributed by atoms with Gasteiger partial charge in [-0.25, -0.2) is 0 Å². The third-order valence-electron chi connectivity index (χ3n) is 9.63. The van der Waals surface area contributed by atoms with Crippen LogP contribution in [0.2, 0.25) is 0 Å². The van der Waals surface area contributed by atoms with Gasteiger partial charge in [-0.3, -0.25) is 0 Å². The smallest absolute Gasteiger partial charge is 0.0549 e. The molecule has 0 N–H and O–H groups in total. The molecule has 8 saturated heterocycles. The summed E-state index contributed by atoms with van der Waals surface area (Å²) in [5.41, 5.74) is 3.49. The van der Waals surface area contributed by atoms with Gasteiger partial charge in [-0.15, -0.1) is 0 Å². The molecule has 32 heavy (non-hydrogen) atoms. The van der Waals surface area contributed by atoms with Gasteiger partial charge in [-0.2, -0.15) is 10.2 Å². The maximum Gasteiger partial charge on any atom is 0.0549 e. The van der Waals surface area contributed by atoms with Crippen molar-refractivity contribution in [3.63, 3.8) is 0 Å². The van der Waals surface area contributed by atoms with Crippen LogP contribution in [0, 0.1) is 22.7 Å². The van der Waals surface area contributed by atoms with Crippen LogP contribution in [0.4, 0.5) is 0 Å². The summed E-state index contributed by atoms with van der Waals surface area (Å²) in [7, 11) is 0. The van der Waals surface area contributed by atoms with Crippen LogP contribution in [0.3, 0.4) is 0 Å². The normalized spacial score (nSPS) is 49.2. The highest BCUT2D eigenvalue weighted by molar-refractivity contribution is 5.98. The van der Waals surface area contributed by atoms with E-state index < -0.39 is 0 Å². The third-order valence-corrected chi connectivity index (χ3v) is 9.63. The quantitative estimate of drug-likeness (QED) is 0.571. The predicted molar refractivity (Wildman–Crippen MR) is 132 cm³/mol. The second-order valence-corrected chi connectivity index (χ2v) is 12.1. The maximum absolute atomic E-state index is 5.33. The zero-order valence-electron chi connectivity index (χ0n) is 20.6. The number of piperidine rings is 4. The zero-order valence-corrected chi connectivity index (χ0v) is 20.6. The molecule has 6 heteroatoms. The highest BCUT2D eigenvalue weighted by atomic mass is 15.3. The van der Waals surface area contributed by atoms with Crippen molar-refractivity contribution in [1.29, 1.82) is 0 Å². The van der Waals surface area contributed by atoms with Crippen molar-refractivity contribution in [2.45, 2.75) is 52.4 Å². The van der Waals surface area contributed by atoms with E-state index in [1.807, 2.05) is 0 Å². The molecule has 0 amide bonds. The fourth-order valence-corrected chi connectivity index (χ4v) is 8.30. The number of nitrogens with zero attached hydrogens (tertiary/aromatic N) is 6. The van der Waals surface area contributed by atoms with E-state index in [-0.39, 0.29) is 10.8 Å². The summed E-state index contributed by atoms with van der Waals surface area (Å²) < 4.78 is 0. The van der Waals surface area contributed by atoms with Crippen molar-refractivity contribution in [2.75, 3.05) is 78.5 Å². The molecule has 0 radical (unpaired) electrons. The molecule has 6 nitrogen and oxygen atoms in total. The highest BCUT2D eigenvalue weighted by Crippen LogP contribution is 2.44. The lowest BCUT2D eigenvalue weighted by atomic mass is 9.67. The first-order valence-electron chi connectivity index (χ1n) is 13.7. The molecule has 0 spiro atoms. The van der Waals surface area contributed by atoms with Gasteiger partial charge in [-0.05, 0) is 12.8 Å². The van der Waals surface area contributed by atoms with Crippen molar-refractivity contribution in [1.82, 2.24) is 19.6 Å². The molecule has 8 bridgehead atoms. The standard InChI is InChI=1S/C26H44N6/c1-3-5-7-25-17-29-9-10-30(18-25)14-21(13-29)23(25)27-28-24-22-15-31-11-12-32(16-22)20-26(24,19-31)8-6-4-2/h21-22H,3-20H2,1-2H3/b27-23-,28-24?. The molecule has 0 aliphatic carbocycles. The van der Waals surface area contributed by atoms with Gasteiger partial charge in [0, 0.05) is 101 Å². The predicted octanol–water partition coefficient (Wildman–Crippen LogP) is 2.66. The Morgan fingerprint density at radius 2 is 0.969 bits per heavy atom. The van der Waals surface area contributed by atoms with E-state index in [4.69, 9.17) is 10.2 Å². The lowest BCUT2D eigenvalue weighted by Crippen LogP contribution is -2.62. The molecule has 8 aliphatic heterocycles. The largest absolute Gasteiger partial charge is 0.300 e. The van der Waals surface area contributed by atoms with Crippen LogP contribution >= 0.6 is 0 Å². The minimum Gasteiger partial charge on any atom is -0.300 e. The summed E-state index contributed by atoms with van der Waals surface area (Å²) in [6, 6.07) is 0. The van der Waals surface area contributed by atoms with Crippen molar-refractivity contribution in [2.24, 2.45) is 32.9 Å². The molecule has 8 heterocycles. The van der Waals surface area contributed by atoms with Crippen LogP contribution in [0.15, 0.2) is 10.2 Å². The van der Waals surface area contributed by atoms with Gasteiger partial charge in [0.1, 0.15) is 0 Å². The summed E-state index contributed by atoms with van der Waals surface area (Å²) >= 11 is 0. The number of rotatable bonds is 7. The van der Waals surface area contributed by atoms with E-state index in [9.17, 15) is 0 Å². The van der Waals surface area contributed by atoms with Gasteiger partial charge in [0.15, 0.2) is 0 Å². The Morgan fingerprint density at radius 3 is 1.28 bits per heavy atom. The minimum absolute atomic E-state index is 0.254. The lowest BCUT2D eigenvalue weighted by molar-refractivity contribution is 0.106. The third kappa shape index (κ3) is 3.60. The molecule has 0 aromatic heterocycles. The molecule has 4 atom stereocenters. The van der Waals surface area contributed by atoms with Crippen molar-refractivity contribution < 1.29 is 0 Å². The van der Waals surface area contributed by atoms with E-state index in [0.29, 0.717) is 11.8 Å². The highest BCUT2D eigenvalue weighted by Gasteiger charge is 2.53. The molecule has 0 aromatic rings. The zero-order chi connectivity index (χ0) is 21.8. The molecular weight excluding hydrogens is 396 g/mol. The first-order valence-corrected chi connectivity index (χ1v) is 13.7. The first kappa shape index (κ1) is 21.7. The van der Waals surface area contributed by atoms with E-state index in [1.54, 1.807) is 0 Å². The summed E-state index contributed by atoms with van der Waals surface area (Å²) in [6.07, 6.45) is 7.78. The lowest BCUT2D eigenvalue weighted by Gasteiger charge is -2.51. The Labute approximate surface area is 195 Å². The molecule has 8 fully saturated rings. The van der Waals surface area contributed by atoms with Gasteiger partial charge in [-0.1, -0.05) is 39.5 Å². The Balaban J connectivity index is 1.37. The van der Waals surface area contributed by atoms with Crippen LogP contribution in [-0.4, -0.2) is 110 Å². The Kier molecular flexibility index (Phi) is 5.72. The van der Waals surface area contributed by atoms with Gasteiger partial charge in [0.05, 0.1) is 11.4 Å². The summed E-state index contributed by atoms with van der Waals surface area (Å²) in [6.45, 7) is 19.4. The van der Waals surface area contributed by atoms with Crippen molar-refractivity contribution >= 4 is 11.4 Å². The molecular formula is C26H44N6. The molecule has 178 valence electrons. The molecule has 0 saturated carbocycles. The van der Waals surface area contributed by atoms with E-state index in [2.05, 4.69) is 33.4 Å². The fourth-order valence-electron chi connectivity index (χ4n) is 8.30. The van der Waals surface area contributed by atoms with Crippen LogP contribution in [0.5, 0.6) is 0 Å². The van der Waals surface area contributed by atoms with Gasteiger partial charge < -0.3 is 19.6 Å². The average molecular weight is 441 g/mol. The fraction of sp³-hybridized carbons (Fsp3) is 0.923. The topological polar surface area (TPSA) is 37.7 Å². The molecule has 0 aromatic carbocycles. The van der Waals surface area contributed by atoms with Crippen LogP contribution in [-0.2, 0) is 0 Å². The number of unbranched alkanes of at least 4 members (excludes halogenated alkanes) is 2. The minimum atomic E-state index is 0.254. The first-order chi connectivity index (χ1) is 15.6. The molecule has 4 unspecified atom stereocenters. The second kappa shape index (κ2) is 8.44. The van der Waals surface area contributed by atoms with E-state index in [0.717, 1.165) is 0 Å². The van der Waals surface area contributed by atoms with Crippen LogP contribution in [0.1, 0.15) is 52.4 Å². The summed E-state index contributed by atoms with van der Waals surface area (Å²) in [5, 5.41) is 10.7. The maximum atomic E-state index is 5.33. The van der Waals surface area contributed by atoms with Crippen molar-refractivity contribution in [3.8, 4) is 0 Å². The van der Waals surface area contributed by atoms with Crippen LogP contribution in [0.25, 0.3) is 0 Å². The second-order valence-electron chi connectivity index (χ2n) is 12.1. The molecule has 8 rings (SSSR count). The average Bonchev–Trinajstić information content (AvgIpc) is 3.16. The summed E-state index contributed by atoms with van der Waals surface area (Å²) in [4.78, 5) is 11.0. The Hall–Kier alpha value is -0.820. The van der Waals surface area contributed by atoms with E-state index >= 15 is 0 Å². The SMILES string of the molecule is CCCCC12CN3CCN(CC(C3)C1=N/N=C1/C3CN4CCN(C3)CC1(CCCC)C4)C2. The number of fused-ring (bicyclic) bond motifs is 2. The van der Waals surface area contributed by atoms with E-state index in [1.165, 1.54) is 128 Å². The monoisotopic (exact) mass is 440 g/mol. The van der Waals surface area contributed by atoms with Gasteiger partial charge in [0.25, 0.3) is 0 Å². The van der Waals surface area contributed by atoms with Crippen molar-refractivity contribution in [3.05, 3.63) is 0 Å². The number of hydrogen-bond donors (Lipinski definition) is 0. The molecule has 8 aliphatic rings. The number of hydrogen-bond acceptors (Lipinski definition) is 6. The van der Waals surface area contributed by atoms with Gasteiger partial charge >= 0.3 is 0 Å². The Morgan fingerprint density at radius 1 is 0.625 bits per heavy atom. The Bertz CT molecular complexity index is 678. The summed E-state index contributed by atoms with van der Waals surface area (Å²) in [5.74, 6) is 1.19. The van der Waals surface area contributed by atoms with Crippen LogP contribution < -0.4 is 0 Å².